The number of nitrogens with zero attached hydrogens (tertiary/aromatic N) is 1. The Hall–Kier alpha value is -2.33. The van der Waals surface area contributed by atoms with Gasteiger partial charge in [-0.3, -0.25) is 4.79 Å². The van der Waals surface area contributed by atoms with Gasteiger partial charge in [0.2, 0.25) is 0 Å². The number of benzene rings is 2. The van der Waals surface area contributed by atoms with Gasteiger partial charge in [-0.1, -0.05) is 37.6 Å². The third-order valence-corrected chi connectivity index (χ3v) is 4.58. The Labute approximate surface area is 142 Å². The van der Waals surface area contributed by atoms with Crippen LogP contribution in [0.15, 0.2) is 42.5 Å². The summed E-state index contributed by atoms with van der Waals surface area (Å²) >= 11 is 0. The monoisotopic (exact) mass is 324 g/mol. The van der Waals surface area contributed by atoms with Crippen molar-refractivity contribution in [1.82, 2.24) is 9.88 Å². The first-order valence-corrected chi connectivity index (χ1v) is 8.61. The van der Waals surface area contributed by atoms with Crippen LogP contribution in [0.2, 0.25) is 0 Å². The summed E-state index contributed by atoms with van der Waals surface area (Å²) in [6, 6.07) is 14.4. The van der Waals surface area contributed by atoms with E-state index in [1.165, 1.54) is 21.8 Å². The summed E-state index contributed by atoms with van der Waals surface area (Å²) in [6.45, 7) is 5.66. The van der Waals surface area contributed by atoms with Crippen LogP contribution in [-0.4, -0.2) is 21.7 Å². The molecule has 3 aromatic rings. The van der Waals surface area contributed by atoms with E-state index in [0.29, 0.717) is 13.0 Å². The minimum atomic E-state index is -0.777. The lowest BCUT2D eigenvalue weighted by molar-refractivity contribution is -0.139. The molecule has 126 valence electrons. The van der Waals surface area contributed by atoms with Crippen LogP contribution in [0.5, 0.6) is 0 Å². The Morgan fingerprint density at radius 1 is 1.12 bits per heavy atom. The highest BCUT2D eigenvalue weighted by atomic mass is 16.4. The van der Waals surface area contributed by atoms with Crippen LogP contribution in [0.1, 0.15) is 32.3 Å². The highest BCUT2D eigenvalue weighted by Crippen LogP contribution is 2.29. The average Bonchev–Trinajstić information content (AvgIpc) is 2.91. The van der Waals surface area contributed by atoms with Crippen LogP contribution >= 0.6 is 0 Å². The van der Waals surface area contributed by atoms with Gasteiger partial charge in [-0.05, 0) is 37.1 Å². The fourth-order valence-corrected chi connectivity index (χ4v) is 3.39. The molecule has 1 atom stereocenters. The normalized spacial score (nSPS) is 12.8. The minimum absolute atomic E-state index is 0.484. The van der Waals surface area contributed by atoms with E-state index in [0.717, 1.165) is 18.5 Å². The molecule has 4 heteroatoms. The number of carboxylic acids is 1. The average molecular weight is 324 g/mol. The van der Waals surface area contributed by atoms with E-state index in [1.807, 2.05) is 6.92 Å². The second-order valence-electron chi connectivity index (χ2n) is 6.17. The third-order valence-electron chi connectivity index (χ3n) is 4.58. The first-order valence-electron chi connectivity index (χ1n) is 8.61. The Morgan fingerprint density at radius 2 is 1.88 bits per heavy atom. The Kier molecular flexibility index (Phi) is 4.86. The number of hydrogen-bond acceptors (Lipinski definition) is 2. The molecule has 1 unspecified atom stereocenters. The van der Waals surface area contributed by atoms with Gasteiger partial charge in [-0.25, -0.2) is 0 Å². The SMILES string of the molecule is CCCC(NCc1ccc2c(c1)c1ccccc1n2CC)C(=O)O. The molecule has 24 heavy (non-hydrogen) atoms. The smallest absolute Gasteiger partial charge is 0.320 e. The van der Waals surface area contributed by atoms with E-state index in [2.05, 4.69) is 59.3 Å². The third kappa shape index (κ3) is 3.02. The number of aromatic nitrogens is 1. The van der Waals surface area contributed by atoms with E-state index in [1.54, 1.807) is 0 Å². The molecule has 2 aromatic carbocycles. The number of fused-ring (bicyclic) bond motifs is 3. The van der Waals surface area contributed by atoms with Crippen molar-refractivity contribution in [2.45, 2.75) is 45.8 Å². The zero-order chi connectivity index (χ0) is 17.1. The van der Waals surface area contributed by atoms with Crippen LogP contribution < -0.4 is 5.32 Å². The molecule has 0 saturated carbocycles. The van der Waals surface area contributed by atoms with Gasteiger partial charge in [-0.15, -0.1) is 0 Å². The molecule has 0 aliphatic heterocycles. The largest absolute Gasteiger partial charge is 0.480 e. The van der Waals surface area contributed by atoms with Gasteiger partial charge in [0, 0.05) is 34.9 Å². The number of aliphatic carboxylic acids is 1. The first kappa shape index (κ1) is 16.5. The summed E-state index contributed by atoms with van der Waals surface area (Å²) in [7, 11) is 0. The first-order chi connectivity index (χ1) is 11.7. The second kappa shape index (κ2) is 7.05. The van der Waals surface area contributed by atoms with Crippen molar-refractivity contribution in [2.75, 3.05) is 0 Å². The van der Waals surface area contributed by atoms with Crippen molar-refractivity contribution < 1.29 is 9.90 Å². The van der Waals surface area contributed by atoms with Crippen molar-refractivity contribution in [3.63, 3.8) is 0 Å². The van der Waals surface area contributed by atoms with E-state index < -0.39 is 12.0 Å². The molecule has 0 aliphatic carbocycles. The van der Waals surface area contributed by atoms with Crippen molar-refractivity contribution in [2.24, 2.45) is 0 Å². The fraction of sp³-hybridized carbons (Fsp3) is 0.350. The maximum Gasteiger partial charge on any atom is 0.320 e. The number of aryl methyl sites for hydroxylation is 1. The maximum atomic E-state index is 11.3. The summed E-state index contributed by atoms with van der Waals surface area (Å²) in [4.78, 5) is 11.3. The lowest BCUT2D eigenvalue weighted by Crippen LogP contribution is -2.35. The Morgan fingerprint density at radius 3 is 2.58 bits per heavy atom. The van der Waals surface area contributed by atoms with E-state index >= 15 is 0 Å². The molecule has 0 radical (unpaired) electrons. The van der Waals surface area contributed by atoms with Crippen LogP contribution in [0.4, 0.5) is 0 Å². The molecule has 1 heterocycles. The molecule has 4 nitrogen and oxygen atoms in total. The van der Waals surface area contributed by atoms with Crippen LogP contribution in [0, 0.1) is 0 Å². The summed E-state index contributed by atoms with van der Waals surface area (Å²) in [5.74, 6) is -0.777. The molecular weight excluding hydrogens is 300 g/mol. The summed E-state index contributed by atoms with van der Waals surface area (Å²) in [5.41, 5.74) is 3.59. The van der Waals surface area contributed by atoms with Crippen molar-refractivity contribution in [3.8, 4) is 0 Å². The standard InChI is InChI=1S/C20H24N2O2/c1-3-7-17(20(23)24)21-13-14-10-11-19-16(12-14)15-8-5-6-9-18(15)22(19)4-2/h5-6,8-12,17,21H,3-4,7,13H2,1-2H3,(H,23,24). The van der Waals surface area contributed by atoms with E-state index in [4.69, 9.17) is 0 Å². The van der Waals surface area contributed by atoms with Gasteiger partial charge < -0.3 is 15.0 Å². The van der Waals surface area contributed by atoms with E-state index in [-0.39, 0.29) is 0 Å². The van der Waals surface area contributed by atoms with Gasteiger partial charge in [0.05, 0.1) is 0 Å². The molecule has 1 aromatic heterocycles. The van der Waals surface area contributed by atoms with Crippen LogP contribution in [-0.2, 0) is 17.9 Å². The van der Waals surface area contributed by atoms with E-state index in [9.17, 15) is 9.90 Å². The van der Waals surface area contributed by atoms with Crippen molar-refractivity contribution in [3.05, 3.63) is 48.0 Å². The predicted molar refractivity (Wildman–Crippen MR) is 98.3 cm³/mol. The molecule has 3 rings (SSSR count). The van der Waals surface area contributed by atoms with Crippen molar-refractivity contribution >= 4 is 27.8 Å². The van der Waals surface area contributed by atoms with Crippen LogP contribution in [0.3, 0.4) is 0 Å². The maximum absolute atomic E-state index is 11.3. The molecule has 0 aliphatic rings. The second-order valence-corrected chi connectivity index (χ2v) is 6.17. The predicted octanol–water partition coefficient (Wildman–Crippen LogP) is 4.16. The molecule has 0 fully saturated rings. The molecule has 0 spiro atoms. The minimum Gasteiger partial charge on any atom is -0.480 e. The van der Waals surface area contributed by atoms with Gasteiger partial charge >= 0.3 is 5.97 Å². The Balaban J connectivity index is 1.94. The quantitative estimate of drug-likeness (QED) is 0.686. The fourth-order valence-electron chi connectivity index (χ4n) is 3.39. The molecule has 0 amide bonds. The molecule has 0 bridgehead atoms. The zero-order valence-corrected chi connectivity index (χ0v) is 14.2. The molecule has 2 N–H and O–H groups in total. The molecular formula is C20H24N2O2. The number of carboxylic acid groups (broad SMARTS) is 1. The summed E-state index contributed by atoms with van der Waals surface area (Å²) < 4.78 is 2.32. The number of rotatable bonds is 7. The number of para-hydroxylation sites is 1. The highest BCUT2D eigenvalue weighted by Gasteiger charge is 2.15. The van der Waals surface area contributed by atoms with Gasteiger partial charge in [-0.2, -0.15) is 0 Å². The number of hydrogen-bond donors (Lipinski definition) is 2. The summed E-state index contributed by atoms with van der Waals surface area (Å²) in [6.07, 6.45) is 1.50. The number of carbonyl (C=O) groups is 1. The van der Waals surface area contributed by atoms with Crippen molar-refractivity contribution in [1.29, 1.82) is 0 Å². The highest BCUT2D eigenvalue weighted by molar-refractivity contribution is 6.08. The topological polar surface area (TPSA) is 54.3 Å². The van der Waals surface area contributed by atoms with Gasteiger partial charge in [0.25, 0.3) is 0 Å². The lowest BCUT2D eigenvalue weighted by Gasteiger charge is -2.13. The number of nitrogens with one attached hydrogen (secondary N) is 1. The zero-order valence-electron chi connectivity index (χ0n) is 14.2. The lowest BCUT2D eigenvalue weighted by atomic mass is 10.1. The molecule has 0 saturated heterocycles. The van der Waals surface area contributed by atoms with Crippen LogP contribution in [0.25, 0.3) is 21.8 Å². The van der Waals surface area contributed by atoms with Gasteiger partial charge in [0.15, 0.2) is 0 Å². The van der Waals surface area contributed by atoms with Gasteiger partial charge in [0.1, 0.15) is 6.04 Å². The Bertz CT molecular complexity index is 867. The summed E-state index contributed by atoms with van der Waals surface area (Å²) in [5, 5.41) is 14.9.